The van der Waals surface area contributed by atoms with Gasteiger partial charge in [0.15, 0.2) is 0 Å². The predicted octanol–water partition coefficient (Wildman–Crippen LogP) is 2.35. The van der Waals surface area contributed by atoms with E-state index in [1.165, 1.54) is 5.56 Å². The summed E-state index contributed by atoms with van der Waals surface area (Å²) >= 11 is 0. The van der Waals surface area contributed by atoms with E-state index in [4.69, 9.17) is 10.6 Å². The number of ether oxygens (including phenoxy) is 1. The van der Waals surface area contributed by atoms with Gasteiger partial charge in [0.25, 0.3) is 0 Å². The van der Waals surface area contributed by atoms with Crippen molar-refractivity contribution in [3.05, 3.63) is 29.8 Å². The Hall–Kier alpha value is -1.55. The molecule has 0 aliphatic rings. The molecule has 0 heterocycles. The maximum Gasteiger partial charge on any atom is 0.234 e. The molecule has 0 bridgehead atoms. The van der Waals surface area contributed by atoms with Crippen molar-refractivity contribution in [1.29, 1.82) is 0 Å². The van der Waals surface area contributed by atoms with Crippen molar-refractivity contribution in [3.63, 3.8) is 0 Å². The van der Waals surface area contributed by atoms with Crippen LogP contribution in [0.4, 0.5) is 0 Å². The number of benzene rings is 1. The molecule has 0 saturated carbocycles. The van der Waals surface area contributed by atoms with E-state index < -0.39 is 0 Å². The van der Waals surface area contributed by atoms with Crippen LogP contribution in [0.15, 0.2) is 24.3 Å². The number of rotatable bonds is 6. The van der Waals surface area contributed by atoms with Crippen LogP contribution in [0.5, 0.6) is 5.75 Å². The van der Waals surface area contributed by atoms with E-state index in [1.807, 2.05) is 25.1 Å². The molecular weight excluding hydrogens is 228 g/mol. The van der Waals surface area contributed by atoms with Crippen molar-refractivity contribution in [2.24, 2.45) is 5.84 Å². The molecule has 0 aliphatic carbocycles. The summed E-state index contributed by atoms with van der Waals surface area (Å²) in [5, 5.41) is 0. The standard InChI is InChI=1S/C14H22N2O2/c1-10(2)12-6-4-5-7-13(12)18-11(3)8-9-14(17)16-15/h4-7,10-11H,8-9,15H2,1-3H3,(H,16,17). The third-order valence-corrected chi connectivity index (χ3v) is 2.81. The average molecular weight is 250 g/mol. The second-order valence-corrected chi connectivity index (χ2v) is 4.73. The topological polar surface area (TPSA) is 64.4 Å². The highest BCUT2D eigenvalue weighted by Crippen LogP contribution is 2.27. The Labute approximate surface area is 108 Å². The molecule has 0 radical (unpaired) electrons. The minimum absolute atomic E-state index is 0.0119. The lowest BCUT2D eigenvalue weighted by molar-refractivity contribution is -0.121. The summed E-state index contributed by atoms with van der Waals surface area (Å²) in [6, 6.07) is 8.00. The van der Waals surface area contributed by atoms with Gasteiger partial charge in [0, 0.05) is 6.42 Å². The number of carbonyl (C=O) groups excluding carboxylic acids is 1. The van der Waals surface area contributed by atoms with E-state index in [1.54, 1.807) is 0 Å². The highest BCUT2D eigenvalue weighted by atomic mass is 16.5. The molecule has 4 heteroatoms. The van der Waals surface area contributed by atoms with E-state index in [0.717, 1.165) is 5.75 Å². The first-order valence-electron chi connectivity index (χ1n) is 6.29. The van der Waals surface area contributed by atoms with Gasteiger partial charge in [-0.3, -0.25) is 10.2 Å². The minimum Gasteiger partial charge on any atom is -0.490 e. The second kappa shape index (κ2) is 7.01. The quantitative estimate of drug-likeness (QED) is 0.463. The van der Waals surface area contributed by atoms with Crippen LogP contribution in [-0.2, 0) is 4.79 Å². The first-order valence-corrected chi connectivity index (χ1v) is 6.29. The van der Waals surface area contributed by atoms with Gasteiger partial charge >= 0.3 is 0 Å². The predicted molar refractivity (Wildman–Crippen MR) is 72.2 cm³/mol. The van der Waals surface area contributed by atoms with E-state index >= 15 is 0 Å². The zero-order valence-electron chi connectivity index (χ0n) is 11.3. The monoisotopic (exact) mass is 250 g/mol. The molecule has 0 aliphatic heterocycles. The summed E-state index contributed by atoms with van der Waals surface area (Å²) < 4.78 is 5.88. The van der Waals surface area contributed by atoms with Crippen LogP contribution in [0, 0.1) is 0 Å². The van der Waals surface area contributed by atoms with Gasteiger partial charge in [-0.25, -0.2) is 5.84 Å². The van der Waals surface area contributed by atoms with Crippen molar-refractivity contribution in [2.75, 3.05) is 0 Å². The number of amides is 1. The molecule has 1 aromatic carbocycles. The number of nitrogens with two attached hydrogens (primary N) is 1. The van der Waals surface area contributed by atoms with Gasteiger partial charge in [-0.05, 0) is 30.9 Å². The molecule has 0 saturated heterocycles. The van der Waals surface area contributed by atoms with Crippen LogP contribution in [0.2, 0.25) is 0 Å². The Bertz CT molecular complexity index is 391. The Balaban J connectivity index is 2.58. The molecular formula is C14H22N2O2. The van der Waals surface area contributed by atoms with Gasteiger partial charge in [0.05, 0.1) is 6.10 Å². The first-order chi connectivity index (χ1) is 8.54. The molecule has 0 spiro atoms. The number of para-hydroxylation sites is 1. The first kappa shape index (κ1) is 14.5. The van der Waals surface area contributed by atoms with E-state index in [9.17, 15) is 4.79 Å². The Morgan fingerprint density at radius 3 is 2.61 bits per heavy atom. The molecule has 0 fully saturated rings. The summed E-state index contributed by atoms with van der Waals surface area (Å²) in [6.45, 7) is 6.23. The molecule has 1 amide bonds. The smallest absolute Gasteiger partial charge is 0.234 e. The largest absolute Gasteiger partial charge is 0.490 e. The van der Waals surface area contributed by atoms with Crippen molar-refractivity contribution < 1.29 is 9.53 Å². The lowest BCUT2D eigenvalue weighted by Gasteiger charge is -2.18. The molecule has 18 heavy (non-hydrogen) atoms. The van der Waals surface area contributed by atoms with E-state index in [0.29, 0.717) is 18.8 Å². The van der Waals surface area contributed by atoms with Crippen LogP contribution in [0.1, 0.15) is 45.1 Å². The van der Waals surface area contributed by atoms with Crippen molar-refractivity contribution in [1.82, 2.24) is 5.43 Å². The normalized spacial score (nSPS) is 12.3. The van der Waals surface area contributed by atoms with Crippen LogP contribution in [-0.4, -0.2) is 12.0 Å². The fraction of sp³-hybridized carbons (Fsp3) is 0.500. The van der Waals surface area contributed by atoms with Crippen molar-refractivity contribution >= 4 is 5.91 Å². The Morgan fingerprint density at radius 1 is 1.33 bits per heavy atom. The van der Waals surface area contributed by atoms with Crippen molar-refractivity contribution in [3.8, 4) is 5.75 Å². The number of hydrogen-bond acceptors (Lipinski definition) is 3. The Morgan fingerprint density at radius 2 is 2.00 bits per heavy atom. The Kier molecular flexibility index (Phi) is 5.65. The molecule has 1 rings (SSSR count). The van der Waals surface area contributed by atoms with Crippen molar-refractivity contribution in [2.45, 2.75) is 45.6 Å². The summed E-state index contributed by atoms with van der Waals surface area (Å²) in [5.74, 6) is 6.18. The van der Waals surface area contributed by atoms with Crippen LogP contribution >= 0.6 is 0 Å². The van der Waals surface area contributed by atoms with Gasteiger partial charge in [-0.1, -0.05) is 32.0 Å². The molecule has 0 aromatic heterocycles. The van der Waals surface area contributed by atoms with Gasteiger partial charge in [0.1, 0.15) is 5.75 Å². The second-order valence-electron chi connectivity index (χ2n) is 4.73. The van der Waals surface area contributed by atoms with E-state index in [-0.39, 0.29) is 12.0 Å². The lowest BCUT2D eigenvalue weighted by atomic mass is 10.0. The third kappa shape index (κ3) is 4.37. The lowest BCUT2D eigenvalue weighted by Crippen LogP contribution is -2.30. The highest BCUT2D eigenvalue weighted by molar-refractivity contribution is 5.75. The average Bonchev–Trinajstić information content (AvgIpc) is 2.36. The van der Waals surface area contributed by atoms with Gasteiger partial charge in [0.2, 0.25) is 5.91 Å². The van der Waals surface area contributed by atoms with Gasteiger partial charge < -0.3 is 4.74 Å². The van der Waals surface area contributed by atoms with Crippen LogP contribution < -0.4 is 16.0 Å². The highest BCUT2D eigenvalue weighted by Gasteiger charge is 2.11. The SMILES string of the molecule is CC(CCC(=O)NN)Oc1ccccc1C(C)C. The molecule has 100 valence electrons. The number of nitrogens with one attached hydrogen (secondary N) is 1. The number of hydrogen-bond donors (Lipinski definition) is 2. The number of hydrazine groups is 1. The molecule has 3 N–H and O–H groups in total. The fourth-order valence-corrected chi connectivity index (χ4v) is 1.75. The molecule has 1 unspecified atom stereocenters. The minimum atomic E-state index is -0.164. The van der Waals surface area contributed by atoms with Gasteiger partial charge in [-0.2, -0.15) is 0 Å². The summed E-state index contributed by atoms with van der Waals surface area (Å²) in [6.07, 6.45) is 1.01. The third-order valence-electron chi connectivity index (χ3n) is 2.81. The molecule has 1 aromatic rings. The van der Waals surface area contributed by atoms with Crippen LogP contribution in [0.3, 0.4) is 0 Å². The maximum absolute atomic E-state index is 11.1. The summed E-state index contributed by atoms with van der Waals surface area (Å²) in [7, 11) is 0. The maximum atomic E-state index is 11.1. The molecule has 1 atom stereocenters. The summed E-state index contributed by atoms with van der Waals surface area (Å²) in [4.78, 5) is 11.1. The van der Waals surface area contributed by atoms with Gasteiger partial charge in [-0.15, -0.1) is 0 Å². The van der Waals surface area contributed by atoms with Crippen LogP contribution in [0.25, 0.3) is 0 Å². The zero-order chi connectivity index (χ0) is 13.5. The number of carbonyl (C=O) groups is 1. The zero-order valence-corrected chi connectivity index (χ0v) is 11.3. The fourth-order valence-electron chi connectivity index (χ4n) is 1.75. The molecule has 4 nitrogen and oxygen atoms in total. The summed E-state index contributed by atoms with van der Waals surface area (Å²) in [5.41, 5.74) is 3.31. The van der Waals surface area contributed by atoms with E-state index in [2.05, 4.69) is 25.3 Å².